The SMILES string of the molecule is COc1ccnc(N2CCCn3nc(CCC(=O)NC4CC4)cc3C2)n1. The molecule has 0 spiro atoms. The normalized spacial score (nSPS) is 16.7. The Hall–Kier alpha value is -2.64. The van der Waals surface area contributed by atoms with E-state index in [0.29, 0.717) is 37.3 Å². The Balaban J connectivity index is 1.42. The second kappa shape index (κ2) is 7.31. The Labute approximate surface area is 152 Å². The number of amides is 1. The first-order valence-corrected chi connectivity index (χ1v) is 9.18. The van der Waals surface area contributed by atoms with Gasteiger partial charge in [-0.25, -0.2) is 4.98 Å². The summed E-state index contributed by atoms with van der Waals surface area (Å²) in [6, 6.07) is 4.26. The standard InChI is InChI=1S/C18H24N6O2/c1-26-17-7-8-19-18(21-17)23-9-2-10-24-15(12-23)11-14(22-24)5-6-16(25)20-13-3-4-13/h7-8,11,13H,2-6,9-10,12H2,1H3,(H,20,25). The van der Waals surface area contributed by atoms with Gasteiger partial charge in [-0.05, 0) is 25.3 Å². The van der Waals surface area contributed by atoms with Crippen LogP contribution in [0, 0.1) is 0 Å². The van der Waals surface area contributed by atoms with Crippen LogP contribution in [0.1, 0.15) is 37.1 Å². The van der Waals surface area contributed by atoms with Gasteiger partial charge in [0.1, 0.15) is 0 Å². The molecule has 0 saturated heterocycles. The van der Waals surface area contributed by atoms with Crippen LogP contribution >= 0.6 is 0 Å². The second-order valence-electron chi connectivity index (χ2n) is 6.87. The topological polar surface area (TPSA) is 85.2 Å². The lowest BCUT2D eigenvalue weighted by Gasteiger charge is -2.19. The predicted molar refractivity (Wildman–Crippen MR) is 96.0 cm³/mol. The van der Waals surface area contributed by atoms with Crippen LogP contribution in [0.4, 0.5) is 5.95 Å². The average molecular weight is 356 g/mol. The Morgan fingerprint density at radius 1 is 1.38 bits per heavy atom. The highest BCUT2D eigenvalue weighted by atomic mass is 16.5. The maximum absolute atomic E-state index is 11.9. The predicted octanol–water partition coefficient (Wildman–Crippen LogP) is 1.30. The molecule has 4 rings (SSSR count). The molecule has 1 saturated carbocycles. The maximum Gasteiger partial charge on any atom is 0.228 e. The molecule has 2 aliphatic rings. The summed E-state index contributed by atoms with van der Waals surface area (Å²) in [6.07, 6.45) is 6.09. The molecule has 2 aromatic heterocycles. The fourth-order valence-electron chi connectivity index (χ4n) is 3.18. The Morgan fingerprint density at radius 3 is 3.08 bits per heavy atom. The van der Waals surface area contributed by atoms with E-state index < -0.39 is 0 Å². The fraction of sp³-hybridized carbons (Fsp3) is 0.556. The van der Waals surface area contributed by atoms with E-state index in [0.717, 1.165) is 43.7 Å². The number of fused-ring (bicyclic) bond motifs is 1. The molecular formula is C18H24N6O2. The van der Waals surface area contributed by atoms with Crippen molar-refractivity contribution in [1.82, 2.24) is 25.1 Å². The number of anilines is 1. The van der Waals surface area contributed by atoms with E-state index in [-0.39, 0.29) is 5.91 Å². The van der Waals surface area contributed by atoms with Gasteiger partial charge in [-0.1, -0.05) is 0 Å². The van der Waals surface area contributed by atoms with Crippen molar-refractivity contribution in [1.29, 1.82) is 0 Å². The number of hydrogen-bond donors (Lipinski definition) is 1. The number of carbonyl (C=O) groups is 1. The molecule has 2 aromatic rings. The molecule has 0 atom stereocenters. The van der Waals surface area contributed by atoms with Gasteiger partial charge in [0.2, 0.25) is 17.7 Å². The summed E-state index contributed by atoms with van der Waals surface area (Å²) in [4.78, 5) is 22.8. The van der Waals surface area contributed by atoms with Crippen molar-refractivity contribution in [2.75, 3.05) is 18.6 Å². The van der Waals surface area contributed by atoms with E-state index in [9.17, 15) is 4.79 Å². The number of ether oxygens (including phenoxy) is 1. The summed E-state index contributed by atoms with van der Waals surface area (Å²) in [7, 11) is 1.61. The molecule has 3 heterocycles. The molecule has 0 bridgehead atoms. The van der Waals surface area contributed by atoms with E-state index in [4.69, 9.17) is 4.74 Å². The lowest BCUT2D eigenvalue weighted by molar-refractivity contribution is -0.121. The quantitative estimate of drug-likeness (QED) is 0.840. The second-order valence-corrected chi connectivity index (χ2v) is 6.87. The van der Waals surface area contributed by atoms with Crippen LogP contribution in [0.25, 0.3) is 0 Å². The highest BCUT2D eigenvalue weighted by molar-refractivity contribution is 5.76. The number of nitrogens with zero attached hydrogens (tertiary/aromatic N) is 5. The van der Waals surface area contributed by atoms with Crippen LogP contribution in [0.5, 0.6) is 5.88 Å². The van der Waals surface area contributed by atoms with Crippen molar-refractivity contribution < 1.29 is 9.53 Å². The summed E-state index contributed by atoms with van der Waals surface area (Å²) in [6.45, 7) is 2.44. The first-order valence-electron chi connectivity index (χ1n) is 9.18. The van der Waals surface area contributed by atoms with E-state index in [1.165, 1.54) is 0 Å². The molecule has 0 radical (unpaired) electrons. The summed E-state index contributed by atoms with van der Waals surface area (Å²) < 4.78 is 7.25. The summed E-state index contributed by atoms with van der Waals surface area (Å²) in [5, 5.41) is 7.71. The largest absolute Gasteiger partial charge is 0.481 e. The van der Waals surface area contributed by atoms with Gasteiger partial charge >= 0.3 is 0 Å². The van der Waals surface area contributed by atoms with E-state index in [1.807, 2.05) is 4.68 Å². The maximum atomic E-state index is 11.9. The van der Waals surface area contributed by atoms with Crippen LogP contribution in [0.15, 0.2) is 18.3 Å². The zero-order chi connectivity index (χ0) is 17.9. The Kier molecular flexibility index (Phi) is 4.73. The van der Waals surface area contributed by atoms with Crippen molar-refractivity contribution in [3.63, 3.8) is 0 Å². The number of aryl methyl sites for hydroxylation is 2. The van der Waals surface area contributed by atoms with Crippen LogP contribution in [-0.4, -0.2) is 45.4 Å². The van der Waals surface area contributed by atoms with Gasteiger partial charge in [0.05, 0.1) is 25.0 Å². The molecule has 138 valence electrons. The zero-order valence-corrected chi connectivity index (χ0v) is 15.0. The molecule has 1 aliphatic carbocycles. The average Bonchev–Trinajstić information content (AvgIpc) is 3.42. The van der Waals surface area contributed by atoms with Gasteiger partial charge in [-0.15, -0.1) is 0 Å². The number of methoxy groups -OCH3 is 1. The first-order chi connectivity index (χ1) is 12.7. The van der Waals surface area contributed by atoms with Crippen molar-refractivity contribution in [2.45, 2.75) is 51.2 Å². The van der Waals surface area contributed by atoms with Crippen molar-refractivity contribution in [2.24, 2.45) is 0 Å². The minimum Gasteiger partial charge on any atom is -0.481 e. The summed E-state index contributed by atoms with van der Waals surface area (Å²) in [5.41, 5.74) is 2.10. The number of carbonyl (C=O) groups excluding carboxylic acids is 1. The van der Waals surface area contributed by atoms with Gasteiger partial charge in [-0.2, -0.15) is 10.1 Å². The molecule has 26 heavy (non-hydrogen) atoms. The molecule has 8 heteroatoms. The Morgan fingerprint density at radius 2 is 2.27 bits per heavy atom. The van der Waals surface area contributed by atoms with Gasteiger partial charge in [0.25, 0.3) is 0 Å². The molecule has 1 N–H and O–H groups in total. The number of hydrogen-bond acceptors (Lipinski definition) is 6. The van der Waals surface area contributed by atoms with Crippen LogP contribution < -0.4 is 15.0 Å². The monoisotopic (exact) mass is 356 g/mol. The molecule has 1 aliphatic heterocycles. The summed E-state index contributed by atoms with van der Waals surface area (Å²) >= 11 is 0. The molecule has 0 aromatic carbocycles. The van der Waals surface area contributed by atoms with Crippen LogP contribution in [-0.2, 0) is 24.3 Å². The molecule has 1 fully saturated rings. The smallest absolute Gasteiger partial charge is 0.228 e. The highest BCUT2D eigenvalue weighted by Gasteiger charge is 2.23. The van der Waals surface area contributed by atoms with Gasteiger partial charge in [-0.3, -0.25) is 9.48 Å². The van der Waals surface area contributed by atoms with Crippen LogP contribution in [0.2, 0.25) is 0 Å². The summed E-state index contributed by atoms with van der Waals surface area (Å²) in [5.74, 6) is 1.36. The third-order valence-electron chi connectivity index (χ3n) is 4.72. The first kappa shape index (κ1) is 16.8. The van der Waals surface area contributed by atoms with Crippen molar-refractivity contribution in [3.05, 3.63) is 29.7 Å². The minimum atomic E-state index is 0.127. The molecule has 8 nitrogen and oxygen atoms in total. The van der Waals surface area contributed by atoms with E-state index in [1.54, 1.807) is 19.4 Å². The number of nitrogens with one attached hydrogen (secondary N) is 1. The third-order valence-corrected chi connectivity index (χ3v) is 4.72. The zero-order valence-electron chi connectivity index (χ0n) is 15.0. The van der Waals surface area contributed by atoms with Crippen molar-refractivity contribution >= 4 is 11.9 Å². The molecule has 0 unspecified atom stereocenters. The lowest BCUT2D eigenvalue weighted by atomic mass is 10.2. The van der Waals surface area contributed by atoms with Gasteiger partial charge < -0.3 is 15.0 Å². The number of rotatable bonds is 6. The number of aromatic nitrogens is 4. The molecular weight excluding hydrogens is 332 g/mol. The Bertz CT molecular complexity index is 786. The lowest BCUT2D eigenvalue weighted by Crippen LogP contribution is -2.25. The van der Waals surface area contributed by atoms with Gasteiger partial charge in [0.15, 0.2) is 0 Å². The van der Waals surface area contributed by atoms with E-state index >= 15 is 0 Å². The highest BCUT2D eigenvalue weighted by Crippen LogP contribution is 2.21. The fourth-order valence-corrected chi connectivity index (χ4v) is 3.18. The van der Waals surface area contributed by atoms with Gasteiger partial charge in [0, 0.05) is 44.2 Å². The van der Waals surface area contributed by atoms with Crippen LogP contribution in [0.3, 0.4) is 0 Å². The third kappa shape index (κ3) is 3.95. The molecule has 1 amide bonds. The van der Waals surface area contributed by atoms with E-state index in [2.05, 4.69) is 31.3 Å². The van der Waals surface area contributed by atoms with Crippen molar-refractivity contribution in [3.8, 4) is 5.88 Å². The minimum absolute atomic E-state index is 0.127.